The predicted octanol–water partition coefficient (Wildman–Crippen LogP) is 4.90. The molecule has 0 aliphatic carbocycles. The van der Waals surface area contributed by atoms with E-state index in [9.17, 15) is 14.4 Å². The largest absolute Gasteiger partial charge is 0.464 e. The molecule has 0 atom stereocenters. The van der Waals surface area contributed by atoms with Gasteiger partial charge < -0.3 is 19.2 Å². The third-order valence-corrected chi connectivity index (χ3v) is 6.00. The third kappa shape index (κ3) is 4.80. The Labute approximate surface area is 184 Å². The number of nitrogens with one attached hydrogen (secondary N) is 1. The van der Waals surface area contributed by atoms with Crippen molar-refractivity contribution in [2.75, 3.05) is 18.5 Å². The SMILES string of the molecule is CCOC(=O)c1sc(NC(=O)Cc2coc3ccc(CC)cc23)c(C(=O)OCC)c1C. The number of fused-ring (bicyclic) bond motifs is 1. The molecule has 0 bridgehead atoms. The van der Waals surface area contributed by atoms with Crippen LogP contribution < -0.4 is 5.32 Å². The number of rotatable bonds is 8. The number of hydrogen-bond donors (Lipinski definition) is 1. The van der Waals surface area contributed by atoms with Gasteiger partial charge in [0, 0.05) is 10.9 Å². The first kappa shape index (κ1) is 22.6. The van der Waals surface area contributed by atoms with Crippen molar-refractivity contribution in [2.45, 2.75) is 40.5 Å². The van der Waals surface area contributed by atoms with Crippen LogP contribution in [0.25, 0.3) is 11.0 Å². The number of carbonyl (C=O) groups is 3. The molecular weight excluding hydrogens is 418 g/mol. The molecule has 1 amide bonds. The van der Waals surface area contributed by atoms with Crippen LogP contribution in [0.4, 0.5) is 5.00 Å². The maximum Gasteiger partial charge on any atom is 0.348 e. The van der Waals surface area contributed by atoms with Gasteiger partial charge in [-0.2, -0.15) is 0 Å². The van der Waals surface area contributed by atoms with Crippen LogP contribution in [0.3, 0.4) is 0 Å². The van der Waals surface area contributed by atoms with Crippen LogP contribution in [0.2, 0.25) is 0 Å². The minimum Gasteiger partial charge on any atom is -0.464 e. The van der Waals surface area contributed by atoms with Gasteiger partial charge >= 0.3 is 11.9 Å². The summed E-state index contributed by atoms with van der Waals surface area (Å²) in [5, 5.41) is 3.92. The van der Waals surface area contributed by atoms with Gasteiger partial charge in [-0.15, -0.1) is 11.3 Å². The van der Waals surface area contributed by atoms with E-state index >= 15 is 0 Å². The highest BCUT2D eigenvalue weighted by atomic mass is 32.1. The number of esters is 2. The number of furan rings is 1. The zero-order chi connectivity index (χ0) is 22.5. The van der Waals surface area contributed by atoms with Gasteiger partial charge in [0.2, 0.25) is 5.91 Å². The fourth-order valence-corrected chi connectivity index (χ4v) is 4.38. The zero-order valence-electron chi connectivity index (χ0n) is 18.0. The van der Waals surface area contributed by atoms with Crippen molar-refractivity contribution in [1.82, 2.24) is 0 Å². The first-order valence-corrected chi connectivity index (χ1v) is 11.0. The topological polar surface area (TPSA) is 94.8 Å². The number of hydrogen-bond acceptors (Lipinski definition) is 7. The van der Waals surface area contributed by atoms with Crippen molar-refractivity contribution in [1.29, 1.82) is 0 Å². The van der Waals surface area contributed by atoms with Crippen molar-refractivity contribution in [2.24, 2.45) is 0 Å². The monoisotopic (exact) mass is 443 g/mol. The van der Waals surface area contributed by atoms with Gasteiger partial charge in [-0.25, -0.2) is 9.59 Å². The van der Waals surface area contributed by atoms with Crippen LogP contribution in [0.15, 0.2) is 28.9 Å². The Hall–Kier alpha value is -3.13. The molecule has 0 fully saturated rings. The van der Waals surface area contributed by atoms with Crippen LogP contribution in [0.5, 0.6) is 0 Å². The van der Waals surface area contributed by atoms with E-state index in [1.165, 1.54) is 0 Å². The molecule has 0 aliphatic rings. The van der Waals surface area contributed by atoms with Crippen molar-refractivity contribution in [3.8, 4) is 0 Å². The Morgan fingerprint density at radius 2 is 1.77 bits per heavy atom. The number of ether oxygens (including phenoxy) is 2. The molecule has 2 aromatic heterocycles. The number of thiophene rings is 1. The second-order valence-corrected chi connectivity index (χ2v) is 7.89. The average molecular weight is 444 g/mol. The summed E-state index contributed by atoms with van der Waals surface area (Å²) in [7, 11) is 0. The van der Waals surface area contributed by atoms with Crippen LogP contribution in [-0.2, 0) is 27.1 Å². The molecular formula is C23H25NO6S. The standard InChI is InChI=1S/C23H25NO6S/c1-5-14-8-9-17-16(10-14)15(12-30-17)11-18(25)24-21-19(22(26)28-6-2)13(4)20(31-21)23(27)29-7-3/h8-10,12H,5-7,11H2,1-4H3,(H,24,25). The highest BCUT2D eigenvalue weighted by molar-refractivity contribution is 7.18. The highest BCUT2D eigenvalue weighted by Gasteiger charge is 2.27. The minimum atomic E-state index is -0.594. The molecule has 1 N–H and O–H groups in total. The van der Waals surface area contributed by atoms with Crippen molar-refractivity contribution < 1.29 is 28.3 Å². The van der Waals surface area contributed by atoms with E-state index in [-0.39, 0.29) is 41.0 Å². The molecule has 1 aromatic carbocycles. The zero-order valence-corrected chi connectivity index (χ0v) is 18.8. The number of carbonyl (C=O) groups excluding carboxylic acids is 3. The Morgan fingerprint density at radius 3 is 2.45 bits per heavy atom. The summed E-state index contributed by atoms with van der Waals surface area (Å²) < 4.78 is 15.8. The lowest BCUT2D eigenvalue weighted by Crippen LogP contribution is -2.16. The molecule has 3 aromatic rings. The summed E-state index contributed by atoms with van der Waals surface area (Å²) >= 11 is 1.01. The molecule has 0 saturated heterocycles. The molecule has 0 aliphatic heterocycles. The summed E-state index contributed by atoms with van der Waals surface area (Å²) in [4.78, 5) is 37.8. The van der Waals surface area contributed by atoms with E-state index in [2.05, 4.69) is 12.2 Å². The van der Waals surface area contributed by atoms with Crippen molar-refractivity contribution >= 4 is 45.2 Å². The quantitative estimate of drug-likeness (QED) is 0.498. The van der Waals surface area contributed by atoms with E-state index in [0.29, 0.717) is 11.1 Å². The normalized spacial score (nSPS) is 10.8. The fourth-order valence-electron chi connectivity index (χ4n) is 3.27. The number of amides is 1. The van der Waals surface area contributed by atoms with E-state index in [1.807, 2.05) is 18.2 Å². The molecule has 31 heavy (non-hydrogen) atoms. The Balaban J connectivity index is 1.89. The Kier molecular flexibility index (Phi) is 7.12. The number of anilines is 1. The summed E-state index contributed by atoms with van der Waals surface area (Å²) in [6.45, 7) is 7.48. The van der Waals surface area contributed by atoms with Gasteiger partial charge in [-0.1, -0.05) is 13.0 Å². The lowest BCUT2D eigenvalue weighted by atomic mass is 10.1. The van der Waals surface area contributed by atoms with Gasteiger partial charge in [0.15, 0.2) is 0 Å². The summed E-state index contributed by atoms with van der Waals surface area (Å²) in [5.41, 5.74) is 3.21. The van der Waals surface area contributed by atoms with Crippen molar-refractivity contribution in [3.05, 3.63) is 51.6 Å². The summed E-state index contributed by atoms with van der Waals surface area (Å²) in [6, 6.07) is 5.90. The van der Waals surface area contributed by atoms with Gasteiger partial charge in [0.05, 0.1) is 31.5 Å². The first-order valence-electron chi connectivity index (χ1n) is 10.2. The van der Waals surface area contributed by atoms with Crippen LogP contribution in [0, 0.1) is 6.92 Å². The van der Waals surface area contributed by atoms with Gasteiger partial charge in [0.25, 0.3) is 0 Å². The highest BCUT2D eigenvalue weighted by Crippen LogP contribution is 2.34. The van der Waals surface area contributed by atoms with Gasteiger partial charge in [-0.3, -0.25) is 4.79 Å². The van der Waals surface area contributed by atoms with Gasteiger partial charge in [0.1, 0.15) is 15.5 Å². The Bertz CT molecular complexity index is 1130. The van der Waals surface area contributed by atoms with Crippen LogP contribution in [-0.4, -0.2) is 31.1 Å². The third-order valence-electron chi connectivity index (χ3n) is 4.82. The van der Waals surface area contributed by atoms with Gasteiger partial charge in [-0.05, 0) is 50.5 Å². The maximum absolute atomic E-state index is 12.8. The second-order valence-electron chi connectivity index (χ2n) is 6.87. The van der Waals surface area contributed by atoms with Crippen LogP contribution >= 0.6 is 11.3 Å². The van der Waals surface area contributed by atoms with Crippen molar-refractivity contribution in [3.63, 3.8) is 0 Å². The molecule has 0 radical (unpaired) electrons. The molecule has 0 spiro atoms. The summed E-state index contributed by atoms with van der Waals surface area (Å²) in [5.74, 6) is -1.46. The lowest BCUT2D eigenvalue weighted by molar-refractivity contribution is -0.115. The maximum atomic E-state index is 12.8. The molecule has 2 heterocycles. The molecule has 0 saturated carbocycles. The number of benzene rings is 1. The van der Waals surface area contributed by atoms with E-state index in [4.69, 9.17) is 13.9 Å². The van der Waals surface area contributed by atoms with E-state index in [1.54, 1.807) is 27.0 Å². The molecule has 0 unspecified atom stereocenters. The fraction of sp³-hybridized carbons (Fsp3) is 0.348. The molecule has 164 valence electrons. The smallest absolute Gasteiger partial charge is 0.348 e. The minimum absolute atomic E-state index is 0.0636. The number of aryl methyl sites for hydroxylation is 1. The van der Waals surface area contributed by atoms with E-state index < -0.39 is 11.9 Å². The summed E-state index contributed by atoms with van der Waals surface area (Å²) in [6.07, 6.45) is 2.51. The molecule has 3 rings (SSSR count). The molecule has 7 nitrogen and oxygen atoms in total. The second kappa shape index (κ2) is 9.78. The average Bonchev–Trinajstić information content (AvgIpc) is 3.28. The lowest BCUT2D eigenvalue weighted by Gasteiger charge is -2.07. The molecule has 8 heteroatoms. The first-order chi connectivity index (χ1) is 14.9. The Morgan fingerprint density at radius 1 is 1.06 bits per heavy atom. The predicted molar refractivity (Wildman–Crippen MR) is 119 cm³/mol. The van der Waals surface area contributed by atoms with Crippen LogP contribution in [0.1, 0.15) is 57.5 Å². The van der Waals surface area contributed by atoms with E-state index in [0.717, 1.165) is 34.3 Å².